The fraction of sp³-hybridized carbons (Fsp3) is 0.812. The van der Waals surface area contributed by atoms with E-state index in [1.165, 1.54) is 44.9 Å². The molecule has 0 unspecified atom stereocenters. The molecule has 7 heteroatoms. The predicted octanol–water partition coefficient (Wildman–Crippen LogP) is 3.45. The molecule has 0 saturated heterocycles. The summed E-state index contributed by atoms with van der Waals surface area (Å²) in [5, 5.41) is 10.4. The third kappa shape index (κ3) is 11.3. The highest BCUT2D eigenvalue weighted by atomic mass is 127. The van der Waals surface area contributed by atoms with Crippen molar-refractivity contribution in [2.24, 2.45) is 4.99 Å². The van der Waals surface area contributed by atoms with Crippen molar-refractivity contribution in [3.05, 3.63) is 11.7 Å². The fourth-order valence-corrected chi connectivity index (χ4v) is 2.24. The lowest BCUT2D eigenvalue weighted by molar-refractivity contribution is 0.374. The van der Waals surface area contributed by atoms with Crippen molar-refractivity contribution < 1.29 is 4.52 Å². The first-order valence-corrected chi connectivity index (χ1v) is 8.50. The maximum absolute atomic E-state index is 5.07. The monoisotopic (exact) mass is 437 g/mol. The van der Waals surface area contributed by atoms with Gasteiger partial charge in [-0.1, -0.05) is 50.6 Å². The van der Waals surface area contributed by atoms with Crippen LogP contribution in [0.1, 0.15) is 63.6 Å². The van der Waals surface area contributed by atoms with E-state index in [1.54, 1.807) is 7.05 Å². The molecule has 0 amide bonds. The molecule has 0 bridgehead atoms. The van der Waals surface area contributed by atoms with Gasteiger partial charge in [-0.3, -0.25) is 4.99 Å². The molecule has 0 aliphatic heterocycles. The van der Waals surface area contributed by atoms with Crippen LogP contribution in [0.5, 0.6) is 0 Å². The number of aliphatic imine (C=N–C) groups is 1. The van der Waals surface area contributed by atoms with Gasteiger partial charge < -0.3 is 15.2 Å². The minimum absolute atomic E-state index is 0. The Morgan fingerprint density at radius 2 is 1.70 bits per heavy atom. The van der Waals surface area contributed by atoms with E-state index < -0.39 is 0 Å². The largest absolute Gasteiger partial charge is 0.356 e. The zero-order valence-electron chi connectivity index (χ0n) is 14.7. The van der Waals surface area contributed by atoms with E-state index >= 15 is 0 Å². The molecule has 1 aromatic heterocycles. The van der Waals surface area contributed by atoms with Gasteiger partial charge in [0.1, 0.15) is 0 Å². The Morgan fingerprint density at radius 1 is 1.04 bits per heavy atom. The first-order valence-electron chi connectivity index (χ1n) is 8.50. The molecule has 0 radical (unpaired) electrons. The van der Waals surface area contributed by atoms with E-state index in [2.05, 4.69) is 32.7 Å². The summed E-state index contributed by atoms with van der Waals surface area (Å²) in [7, 11) is 1.79. The molecule has 0 fully saturated rings. The van der Waals surface area contributed by atoms with Crippen molar-refractivity contribution >= 4 is 29.9 Å². The van der Waals surface area contributed by atoms with Crippen molar-refractivity contribution in [1.82, 2.24) is 20.8 Å². The lowest BCUT2D eigenvalue weighted by Crippen LogP contribution is -2.38. The summed E-state index contributed by atoms with van der Waals surface area (Å²) < 4.78 is 5.07. The second-order valence-electron chi connectivity index (χ2n) is 5.53. The van der Waals surface area contributed by atoms with Crippen LogP contribution in [-0.4, -0.2) is 36.2 Å². The number of rotatable bonds is 11. The quantitative estimate of drug-likeness (QED) is 0.240. The highest BCUT2D eigenvalue weighted by molar-refractivity contribution is 14.0. The lowest BCUT2D eigenvalue weighted by atomic mass is 10.1. The van der Waals surface area contributed by atoms with E-state index in [4.69, 9.17) is 4.52 Å². The van der Waals surface area contributed by atoms with E-state index in [1.807, 2.05) is 6.92 Å². The summed E-state index contributed by atoms with van der Waals surface area (Å²) in [4.78, 5) is 8.38. The number of nitrogens with one attached hydrogen (secondary N) is 2. The Labute approximate surface area is 157 Å². The van der Waals surface area contributed by atoms with Crippen LogP contribution in [0.25, 0.3) is 0 Å². The van der Waals surface area contributed by atoms with Crippen molar-refractivity contribution in [2.45, 2.75) is 65.2 Å². The molecule has 0 saturated carbocycles. The number of unbranched alkanes of at least 4 members (excludes halogenated alkanes) is 6. The third-order valence-electron chi connectivity index (χ3n) is 3.50. The molecule has 2 N–H and O–H groups in total. The molecule has 23 heavy (non-hydrogen) atoms. The molecule has 0 aliphatic rings. The first kappa shape index (κ1) is 22.1. The van der Waals surface area contributed by atoms with Crippen LogP contribution < -0.4 is 10.6 Å². The second kappa shape index (κ2) is 14.7. The Kier molecular flexibility index (Phi) is 14.2. The van der Waals surface area contributed by atoms with Crippen molar-refractivity contribution in [1.29, 1.82) is 0 Å². The van der Waals surface area contributed by atoms with Crippen LogP contribution >= 0.6 is 24.0 Å². The average Bonchev–Trinajstić information content (AvgIpc) is 2.93. The number of nitrogens with zero attached hydrogens (tertiary/aromatic N) is 3. The molecule has 1 aromatic rings. The van der Waals surface area contributed by atoms with E-state index in [9.17, 15) is 0 Å². The number of guanidine groups is 1. The van der Waals surface area contributed by atoms with E-state index in [-0.39, 0.29) is 24.0 Å². The number of hydrogen-bond acceptors (Lipinski definition) is 4. The maximum atomic E-state index is 5.07. The number of halogens is 1. The lowest BCUT2D eigenvalue weighted by Gasteiger charge is -2.10. The number of hydrogen-bond donors (Lipinski definition) is 2. The minimum atomic E-state index is 0. The van der Waals surface area contributed by atoms with Crippen LogP contribution in [-0.2, 0) is 6.42 Å². The average molecular weight is 437 g/mol. The molecule has 134 valence electrons. The third-order valence-corrected chi connectivity index (χ3v) is 3.50. The van der Waals surface area contributed by atoms with Crippen molar-refractivity contribution in [3.63, 3.8) is 0 Å². The van der Waals surface area contributed by atoms with Gasteiger partial charge in [0.2, 0.25) is 5.89 Å². The van der Waals surface area contributed by atoms with Crippen LogP contribution in [0.15, 0.2) is 9.52 Å². The predicted molar refractivity (Wildman–Crippen MR) is 106 cm³/mol. The van der Waals surface area contributed by atoms with E-state index in [0.29, 0.717) is 18.1 Å². The van der Waals surface area contributed by atoms with Crippen molar-refractivity contribution in [2.75, 3.05) is 20.1 Å². The Bertz CT molecular complexity index is 422. The first-order chi connectivity index (χ1) is 10.8. The SMILES string of the molecule is CCCCCCCCCNC(=NC)NCCc1nc(C)no1.I. The summed E-state index contributed by atoms with van der Waals surface area (Å²) in [6.07, 6.45) is 9.95. The summed E-state index contributed by atoms with van der Waals surface area (Å²) in [6.45, 7) is 5.77. The van der Waals surface area contributed by atoms with Gasteiger partial charge in [-0.15, -0.1) is 24.0 Å². The van der Waals surface area contributed by atoms with Gasteiger partial charge in [0, 0.05) is 26.6 Å². The Morgan fingerprint density at radius 3 is 2.30 bits per heavy atom. The second-order valence-corrected chi connectivity index (χ2v) is 5.53. The van der Waals surface area contributed by atoms with Gasteiger partial charge in [0.15, 0.2) is 11.8 Å². The molecule has 1 rings (SSSR count). The van der Waals surface area contributed by atoms with Gasteiger partial charge in [-0.25, -0.2) is 0 Å². The molecule has 6 nitrogen and oxygen atoms in total. The van der Waals surface area contributed by atoms with Crippen LogP contribution in [0.3, 0.4) is 0 Å². The van der Waals surface area contributed by atoms with E-state index in [0.717, 1.165) is 19.0 Å². The summed E-state index contributed by atoms with van der Waals surface area (Å²) in [5.74, 6) is 2.17. The van der Waals surface area contributed by atoms with Gasteiger partial charge in [0.05, 0.1) is 0 Å². The van der Waals surface area contributed by atoms with Crippen molar-refractivity contribution in [3.8, 4) is 0 Å². The highest BCUT2D eigenvalue weighted by Crippen LogP contribution is 2.06. The minimum Gasteiger partial charge on any atom is -0.356 e. The van der Waals surface area contributed by atoms with Crippen LogP contribution in [0.2, 0.25) is 0 Å². The summed E-state index contributed by atoms with van der Waals surface area (Å²) in [5.41, 5.74) is 0. The maximum Gasteiger partial charge on any atom is 0.228 e. The number of aryl methyl sites for hydroxylation is 1. The molecule has 0 aliphatic carbocycles. The van der Waals surface area contributed by atoms with Crippen LogP contribution in [0, 0.1) is 6.92 Å². The molecule has 0 spiro atoms. The molecule has 0 atom stereocenters. The van der Waals surface area contributed by atoms with Gasteiger partial charge >= 0.3 is 0 Å². The standard InChI is InChI=1S/C16H31N5O.HI/c1-4-5-6-7-8-9-10-12-18-16(17-3)19-13-11-15-20-14(2)21-22-15;/h4-13H2,1-3H3,(H2,17,18,19);1H. The van der Waals surface area contributed by atoms with Gasteiger partial charge in [0.25, 0.3) is 0 Å². The smallest absolute Gasteiger partial charge is 0.228 e. The van der Waals surface area contributed by atoms with Gasteiger partial charge in [-0.2, -0.15) is 4.98 Å². The number of aromatic nitrogens is 2. The molecule has 0 aromatic carbocycles. The Hall–Kier alpha value is -0.860. The summed E-state index contributed by atoms with van der Waals surface area (Å²) >= 11 is 0. The highest BCUT2D eigenvalue weighted by Gasteiger charge is 2.03. The van der Waals surface area contributed by atoms with Gasteiger partial charge in [-0.05, 0) is 13.3 Å². The summed E-state index contributed by atoms with van der Waals surface area (Å²) in [6, 6.07) is 0. The molecular weight excluding hydrogens is 405 g/mol. The normalized spacial score (nSPS) is 11.2. The topological polar surface area (TPSA) is 75.3 Å². The molecule has 1 heterocycles. The fourth-order valence-electron chi connectivity index (χ4n) is 2.24. The Balaban J connectivity index is 0.00000484. The zero-order chi connectivity index (χ0) is 16.0. The zero-order valence-corrected chi connectivity index (χ0v) is 17.1. The van der Waals surface area contributed by atoms with Crippen LogP contribution in [0.4, 0.5) is 0 Å². The molecular formula is C16H32IN5O.